The highest BCUT2D eigenvalue weighted by Crippen LogP contribution is 2.30. The predicted molar refractivity (Wildman–Crippen MR) is 108 cm³/mol. The van der Waals surface area contributed by atoms with E-state index in [0.29, 0.717) is 6.04 Å². The van der Waals surface area contributed by atoms with Crippen LogP contribution in [0.1, 0.15) is 24.8 Å². The van der Waals surface area contributed by atoms with Crippen molar-refractivity contribution in [2.24, 2.45) is 0 Å². The number of thioether (sulfide) groups is 1. The lowest BCUT2D eigenvalue weighted by Gasteiger charge is -2.33. The Bertz CT molecular complexity index is 765. The molecule has 0 spiro atoms. The Hall–Kier alpha value is -1.99. The first-order valence-electron chi connectivity index (χ1n) is 9.56. The van der Waals surface area contributed by atoms with Gasteiger partial charge in [0, 0.05) is 38.3 Å². The van der Waals surface area contributed by atoms with Gasteiger partial charge in [0.1, 0.15) is 5.82 Å². The molecule has 2 aromatic rings. The molecule has 3 heterocycles. The number of benzene rings is 1. The molecule has 7 heteroatoms. The Labute approximate surface area is 164 Å². The SMILES string of the molecule is CSc1nccc(N2CCC(NCc3ccc4c(c3)OCCCO4)CC2)n1. The summed E-state index contributed by atoms with van der Waals surface area (Å²) in [5, 5.41) is 4.53. The molecule has 4 rings (SSSR count). The third-order valence-electron chi connectivity index (χ3n) is 5.03. The van der Waals surface area contributed by atoms with Crippen LogP contribution in [0.3, 0.4) is 0 Å². The van der Waals surface area contributed by atoms with Crippen molar-refractivity contribution >= 4 is 17.6 Å². The summed E-state index contributed by atoms with van der Waals surface area (Å²) in [5.74, 6) is 2.77. The summed E-state index contributed by atoms with van der Waals surface area (Å²) in [6.07, 6.45) is 7.02. The Morgan fingerprint density at radius 2 is 1.96 bits per heavy atom. The van der Waals surface area contributed by atoms with E-state index >= 15 is 0 Å². The first kappa shape index (κ1) is 18.4. The van der Waals surface area contributed by atoms with Gasteiger partial charge in [0.15, 0.2) is 16.7 Å². The Kier molecular flexibility index (Phi) is 5.99. The van der Waals surface area contributed by atoms with Gasteiger partial charge in [0.05, 0.1) is 13.2 Å². The molecule has 6 nitrogen and oxygen atoms in total. The Balaban J connectivity index is 1.29. The van der Waals surface area contributed by atoms with E-state index < -0.39 is 0 Å². The van der Waals surface area contributed by atoms with Crippen LogP contribution in [0.25, 0.3) is 0 Å². The number of hydrogen-bond donors (Lipinski definition) is 1. The van der Waals surface area contributed by atoms with E-state index in [1.807, 2.05) is 24.6 Å². The fourth-order valence-corrected chi connectivity index (χ4v) is 3.85. The molecule has 0 aliphatic carbocycles. The number of ether oxygens (including phenoxy) is 2. The van der Waals surface area contributed by atoms with Crippen molar-refractivity contribution in [2.75, 3.05) is 37.5 Å². The molecule has 144 valence electrons. The number of fused-ring (bicyclic) bond motifs is 1. The van der Waals surface area contributed by atoms with E-state index in [-0.39, 0.29) is 0 Å². The highest BCUT2D eigenvalue weighted by Gasteiger charge is 2.20. The summed E-state index contributed by atoms with van der Waals surface area (Å²) >= 11 is 1.58. The first-order valence-corrected chi connectivity index (χ1v) is 10.8. The molecule has 0 saturated carbocycles. The van der Waals surface area contributed by atoms with E-state index in [1.54, 1.807) is 11.8 Å². The van der Waals surface area contributed by atoms with Gasteiger partial charge in [-0.25, -0.2) is 9.97 Å². The van der Waals surface area contributed by atoms with E-state index in [9.17, 15) is 0 Å². The lowest BCUT2D eigenvalue weighted by molar-refractivity contribution is 0.297. The van der Waals surface area contributed by atoms with Gasteiger partial charge in [-0.15, -0.1) is 0 Å². The van der Waals surface area contributed by atoms with Gasteiger partial charge in [0.2, 0.25) is 0 Å². The maximum absolute atomic E-state index is 5.79. The number of rotatable bonds is 5. The lowest BCUT2D eigenvalue weighted by atomic mass is 10.0. The number of hydrogen-bond acceptors (Lipinski definition) is 7. The largest absolute Gasteiger partial charge is 0.490 e. The van der Waals surface area contributed by atoms with E-state index in [0.717, 1.165) is 74.6 Å². The zero-order valence-corrected chi connectivity index (χ0v) is 16.5. The van der Waals surface area contributed by atoms with Crippen LogP contribution in [0.4, 0.5) is 5.82 Å². The van der Waals surface area contributed by atoms with Crippen molar-refractivity contribution in [1.82, 2.24) is 15.3 Å². The standard InChI is InChI=1S/C20H26N4O2S/c1-27-20-21-8-5-19(23-20)24-9-6-16(7-10-24)22-14-15-3-4-17-18(13-15)26-12-2-11-25-17/h3-5,8,13,16,22H,2,6-7,9-12,14H2,1H3. The quantitative estimate of drug-likeness (QED) is 0.626. The zero-order chi connectivity index (χ0) is 18.5. The van der Waals surface area contributed by atoms with Crippen LogP contribution in [-0.2, 0) is 6.54 Å². The summed E-state index contributed by atoms with van der Waals surface area (Å²) in [6.45, 7) is 4.34. The molecule has 1 fully saturated rings. The fraction of sp³-hybridized carbons (Fsp3) is 0.500. The molecule has 1 aromatic heterocycles. The summed E-state index contributed by atoms with van der Waals surface area (Å²) in [5.41, 5.74) is 1.24. The minimum Gasteiger partial charge on any atom is -0.490 e. The molecule has 0 amide bonds. The van der Waals surface area contributed by atoms with Gasteiger partial charge in [-0.2, -0.15) is 0 Å². The van der Waals surface area contributed by atoms with E-state index in [1.165, 1.54) is 5.56 Å². The molecule has 27 heavy (non-hydrogen) atoms. The van der Waals surface area contributed by atoms with Gasteiger partial charge in [-0.3, -0.25) is 0 Å². The van der Waals surface area contributed by atoms with Gasteiger partial charge in [-0.05, 0) is 42.9 Å². The lowest BCUT2D eigenvalue weighted by Crippen LogP contribution is -2.42. The first-order chi connectivity index (χ1) is 13.3. The van der Waals surface area contributed by atoms with Gasteiger partial charge in [0.25, 0.3) is 0 Å². The molecule has 0 atom stereocenters. The van der Waals surface area contributed by atoms with Crippen LogP contribution in [0.5, 0.6) is 11.5 Å². The summed E-state index contributed by atoms with van der Waals surface area (Å²) in [6, 6.07) is 8.79. The average molecular weight is 387 g/mol. The monoisotopic (exact) mass is 386 g/mol. The minimum absolute atomic E-state index is 0.527. The molecule has 0 bridgehead atoms. The van der Waals surface area contributed by atoms with Crippen molar-refractivity contribution in [2.45, 2.75) is 37.0 Å². The van der Waals surface area contributed by atoms with Crippen LogP contribution >= 0.6 is 11.8 Å². The van der Waals surface area contributed by atoms with Gasteiger partial charge < -0.3 is 19.7 Å². The van der Waals surface area contributed by atoms with Crippen LogP contribution in [-0.4, -0.2) is 48.6 Å². The summed E-state index contributed by atoms with van der Waals surface area (Å²) in [7, 11) is 0. The molecular weight excluding hydrogens is 360 g/mol. The highest BCUT2D eigenvalue weighted by molar-refractivity contribution is 7.98. The normalized spacial score (nSPS) is 17.6. The third-order valence-corrected chi connectivity index (χ3v) is 5.59. The second kappa shape index (κ2) is 8.80. The van der Waals surface area contributed by atoms with Crippen molar-refractivity contribution < 1.29 is 9.47 Å². The molecule has 1 N–H and O–H groups in total. The number of nitrogens with zero attached hydrogens (tertiary/aromatic N) is 3. The Morgan fingerprint density at radius 3 is 2.78 bits per heavy atom. The van der Waals surface area contributed by atoms with Crippen molar-refractivity contribution in [1.29, 1.82) is 0 Å². The highest BCUT2D eigenvalue weighted by atomic mass is 32.2. The molecule has 1 saturated heterocycles. The molecule has 1 aromatic carbocycles. The number of aromatic nitrogens is 2. The fourth-order valence-electron chi connectivity index (χ4n) is 3.50. The van der Waals surface area contributed by atoms with Crippen LogP contribution in [0.2, 0.25) is 0 Å². The second-order valence-electron chi connectivity index (χ2n) is 6.88. The van der Waals surface area contributed by atoms with Gasteiger partial charge >= 0.3 is 0 Å². The van der Waals surface area contributed by atoms with Crippen molar-refractivity contribution in [3.8, 4) is 11.5 Å². The molecule has 0 unspecified atom stereocenters. The average Bonchev–Trinajstić information content (AvgIpc) is 2.97. The number of nitrogens with one attached hydrogen (secondary N) is 1. The van der Waals surface area contributed by atoms with Crippen LogP contribution in [0, 0.1) is 0 Å². The zero-order valence-electron chi connectivity index (χ0n) is 15.7. The maximum atomic E-state index is 5.79. The van der Waals surface area contributed by atoms with Crippen LogP contribution < -0.4 is 19.7 Å². The van der Waals surface area contributed by atoms with Crippen LogP contribution in [0.15, 0.2) is 35.6 Å². The maximum Gasteiger partial charge on any atom is 0.189 e. The topological polar surface area (TPSA) is 59.5 Å². The third kappa shape index (κ3) is 4.65. The summed E-state index contributed by atoms with van der Waals surface area (Å²) < 4.78 is 11.5. The van der Waals surface area contributed by atoms with Crippen molar-refractivity contribution in [3.05, 3.63) is 36.0 Å². The second-order valence-corrected chi connectivity index (χ2v) is 7.65. The molecule has 2 aliphatic rings. The smallest absolute Gasteiger partial charge is 0.189 e. The predicted octanol–water partition coefficient (Wildman–Crippen LogP) is 3.12. The number of piperidine rings is 1. The van der Waals surface area contributed by atoms with Crippen molar-refractivity contribution in [3.63, 3.8) is 0 Å². The van der Waals surface area contributed by atoms with E-state index in [2.05, 4.69) is 32.3 Å². The number of anilines is 1. The molecule has 0 radical (unpaired) electrons. The molecular formula is C20H26N4O2S. The van der Waals surface area contributed by atoms with Gasteiger partial charge in [-0.1, -0.05) is 17.8 Å². The van der Waals surface area contributed by atoms with E-state index in [4.69, 9.17) is 9.47 Å². The minimum atomic E-state index is 0.527. The molecule has 2 aliphatic heterocycles. The summed E-state index contributed by atoms with van der Waals surface area (Å²) in [4.78, 5) is 11.2. The Morgan fingerprint density at radius 1 is 1.15 bits per heavy atom.